The van der Waals surface area contributed by atoms with Gasteiger partial charge in [-0.3, -0.25) is 4.79 Å². The van der Waals surface area contributed by atoms with E-state index < -0.39 is 12.1 Å². The SMILES string of the molecule is Cc1ccc(C(=O)c2ccn(Cc3ccc(/C=C/CO[C@H](C)C(=O)O)cc3)c2)cc1. The minimum Gasteiger partial charge on any atom is -0.479 e. The average Bonchev–Trinajstić information content (AvgIpc) is 3.20. The van der Waals surface area contributed by atoms with Crippen LogP contribution in [0.15, 0.2) is 73.1 Å². The topological polar surface area (TPSA) is 68.5 Å². The van der Waals surface area contributed by atoms with Crippen molar-refractivity contribution in [3.05, 3.63) is 101 Å². The molecule has 1 atom stereocenters. The molecule has 0 saturated carbocycles. The summed E-state index contributed by atoms with van der Waals surface area (Å²) in [6.45, 7) is 4.42. The van der Waals surface area contributed by atoms with Crippen molar-refractivity contribution in [1.82, 2.24) is 4.57 Å². The fourth-order valence-corrected chi connectivity index (χ4v) is 2.95. The molecule has 0 radical (unpaired) electrons. The van der Waals surface area contributed by atoms with Crippen LogP contribution < -0.4 is 0 Å². The molecule has 0 unspecified atom stereocenters. The number of carbonyl (C=O) groups excluding carboxylic acids is 1. The first-order chi connectivity index (χ1) is 14.4. The highest BCUT2D eigenvalue weighted by Gasteiger charge is 2.11. The van der Waals surface area contributed by atoms with Crippen molar-refractivity contribution in [2.45, 2.75) is 26.5 Å². The first kappa shape index (κ1) is 21.3. The number of aliphatic carboxylic acids is 1. The lowest BCUT2D eigenvalue weighted by molar-refractivity contribution is -0.148. The third-order valence-corrected chi connectivity index (χ3v) is 4.77. The second-order valence-corrected chi connectivity index (χ2v) is 7.23. The van der Waals surface area contributed by atoms with Gasteiger partial charge in [0.15, 0.2) is 11.9 Å². The molecule has 5 heteroatoms. The first-order valence-electron chi connectivity index (χ1n) is 9.79. The third kappa shape index (κ3) is 5.78. The zero-order valence-electron chi connectivity index (χ0n) is 17.1. The van der Waals surface area contributed by atoms with Gasteiger partial charge in [0.25, 0.3) is 0 Å². The molecule has 0 spiro atoms. The average molecular weight is 403 g/mol. The van der Waals surface area contributed by atoms with E-state index in [0.717, 1.165) is 16.7 Å². The molecule has 30 heavy (non-hydrogen) atoms. The van der Waals surface area contributed by atoms with Gasteiger partial charge in [-0.2, -0.15) is 0 Å². The maximum absolute atomic E-state index is 12.6. The number of carboxylic acids is 1. The van der Waals surface area contributed by atoms with Gasteiger partial charge in [0, 0.05) is 30.1 Å². The van der Waals surface area contributed by atoms with Gasteiger partial charge in [-0.25, -0.2) is 4.79 Å². The summed E-state index contributed by atoms with van der Waals surface area (Å²) in [5.41, 5.74) is 4.62. The van der Waals surface area contributed by atoms with Crippen LogP contribution in [0.4, 0.5) is 0 Å². The van der Waals surface area contributed by atoms with Crippen LogP contribution in [0.3, 0.4) is 0 Å². The summed E-state index contributed by atoms with van der Waals surface area (Å²) in [6.07, 6.45) is 6.66. The number of carboxylic acid groups (broad SMARTS) is 1. The summed E-state index contributed by atoms with van der Waals surface area (Å²) in [5, 5.41) is 8.78. The standard InChI is InChI=1S/C25H25NO4/c1-18-5-11-22(12-6-18)24(27)23-13-14-26(17-23)16-21-9-7-20(8-10-21)4-3-15-30-19(2)25(28)29/h3-14,17,19H,15-16H2,1-2H3,(H,28,29)/b4-3+/t19-/m1/s1. The molecule has 0 amide bonds. The summed E-state index contributed by atoms with van der Waals surface area (Å²) in [7, 11) is 0. The zero-order chi connectivity index (χ0) is 21.5. The summed E-state index contributed by atoms with van der Waals surface area (Å²) >= 11 is 0. The number of ketones is 1. The van der Waals surface area contributed by atoms with Crippen LogP contribution >= 0.6 is 0 Å². The molecule has 1 heterocycles. The molecule has 0 aliphatic heterocycles. The van der Waals surface area contributed by atoms with Crippen molar-refractivity contribution in [2.24, 2.45) is 0 Å². The molecular formula is C25H25NO4. The van der Waals surface area contributed by atoms with E-state index in [1.54, 1.807) is 6.08 Å². The van der Waals surface area contributed by atoms with E-state index in [2.05, 4.69) is 0 Å². The van der Waals surface area contributed by atoms with Gasteiger partial charge in [-0.1, -0.05) is 66.2 Å². The van der Waals surface area contributed by atoms with E-state index in [1.165, 1.54) is 6.92 Å². The second-order valence-electron chi connectivity index (χ2n) is 7.23. The summed E-state index contributed by atoms with van der Waals surface area (Å²) in [6, 6.07) is 17.5. The molecule has 1 N–H and O–H groups in total. The van der Waals surface area contributed by atoms with E-state index in [-0.39, 0.29) is 12.4 Å². The van der Waals surface area contributed by atoms with Crippen molar-refractivity contribution in [1.29, 1.82) is 0 Å². The summed E-state index contributed by atoms with van der Waals surface area (Å²) in [5.74, 6) is -0.949. The highest BCUT2D eigenvalue weighted by atomic mass is 16.5. The minimum absolute atomic E-state index is 0.0219. The Morgan fingerprint density at radius 2 is 1.73 bits per heavy atom. The Bertz CT molecular complexity index is 1030. The Morgan fingerprint density at radius 3 is 2.40 bits per heavy atom. The lowest BCUT2D eigenvalue weighted by Gasteiger charge is -2.05. The zero-order valence-corrected chi connectivity index (χ0v) is 17.1. The van der Waals surface area contributed by atoms with Gasteiger partial charge in [-0.05, 0) is 31.0 Å². The lowest BCUT2D eigenvalue weighted by Crippen LogP contribution is -2.19. The Morgan fingerprint density at radius 1 is 1.03 bits per heavy atom. The number of benzene rings is 2. The van der Waals surface area contributed by atoms with E-state index in [0.29, 0.717) is 17.7 Å². The molecule has 1 aromatic heterocycles. The first-order valence-corrected chi connectivity index (χ1v) is 9.79. The minimum atomic E-state index is -0.971. The van der Waals surface area contributed by atoms with Crippen molar-refractivity contribution in [3.63, 3.8) is 0 Å². The fourth-order valence-electron chi connectivity index (χ4n) is 2.95. The maximum Gasteiger partial charge on any atom is 0.332 e. The van der Waals surface area contributed by atoms with Crippen LogP contribution in [-0.4, -0.2) is 34.1 Å². The van der Waals surface area contributed by atoms with E-state index in [9.17, 15) is 9.59 Å². The number of hydrogen-bond acceptors (Lipinski definition) is 3. The lowest BCUT2D eigenvalue weighted by atomic mass is 10.0. The Labute approximate surface area is 176 Å². The maximum atomic E-state index is 12.6. The molecule has 0 aliphatic carbocycles. The van der Waals surface area contributed by atoms with Crippen LogP contribution in [0.25, 0.3) is 6.08 Å². The Hall–Kier alpha value is -3.44. The monoisotopic (exact) mass is 403 g/mol. The number of ether oxygens (including phenoxy) is 1. The predicted molar refractivity (Wildman–Crippen MR) is 117 cm³/mol. The van der Waals surface area contributed by atoms with Crippen LogP contribution in [0.1, 0.15) is 39.5 Å². The second kappa shape index (κ2) is 9.85. The molecule has 0 fully saturated rings. The van der Waals surface area contributed by atoms with Crippen LogP contribution in [0.2, 0.25) is 0 Å². The predicted octanol–water partition coefficient (Wildman–Crippen LogP) is 4.58. The Kier molecular flexibility index (Phi) is 6.99. The van der Waals surface area contributed by atoms with Crippen molar-refractivity contribution < 1.29 is 19.4 Å². The molecule has 0 saturated heterocycles. The molecule has 154 valence electrons. The van der Waals surface area contributed by atoms with Gasteiger partial charge < -0.3 is 14.4 Å². The highest BCUT2D eigenvalue weighted by Crippen LogP contribution is 2.14. The van der Waals surface area contributed by atoms with Gasteiger partial charge in [0.1, 0.15) is 0 Å². The number of carbonyl (C=O) groups is 2. The highest BCUT2D eigenvalue weighted by molar-refractivity contribution is 6.08. The fraction of sp³-hybridized carbons (Fsp3) is 0.200. The summed E-state index contributed by atoms with van der Waals surface area (Å²) < 4.78 is 7.16. The number of rotatable bonds is 9. The van der Waals surface area contributed by atoms with Crippen molar-refractivity contribution in [3.8, 4) is 0 Å². The Balaban J connectivity index is 1.56. The number of hydrogen-bond donors (Lipinski definition) is 1. The van der Waals surface area contributed by atoms with Crippen molar-refractivity contribution in [2.75, 3.05) is 6.61 Å². The number of aromatic nitrogens is 1. The smallest absolute Gasteiger partial charge is 0.332 e. The molecule has 2 aromatic carbocycles. The van der Waals surface area contributed by atoms with E-state index >= 15 is 0 Å². The van der Waals surface area contributed by atoms with Crippen LogP contribution in [0.5, 0.6) is 0 Å². The molecule has 5 nitrogen and oxygen atoms in total. The third-order valence-electron chi connectivity index (χ3n) is 4.77. The molecule has 0 bridgehead atoms. The normalized spacial score (nSPS) is 12.2. The largest absolute Gasteiger partial charge is 0.479 e. The van der Waals surface area contributed by atoms with Crippen LogP contribution in [-0.2, 0) is 16.1 Å². The quantitative estimate of drug-likeness (QED) is 0.531. The van der Waals surface area contributed by atoms with Crippen LogP contribution in [0, 0.1) is 6.92 Å². The number of aryl methyl sites for hydroxylation is 1. The van der Waals surface area contributed by atoms with Gasteiger partial charge in [0.05, 0.1) is 6.61 Å². The van der Waals surface area contributed by atoms with Gasteiger partial charge >= 0.3 is 5.97 Å². The van der Waals surface area contributed by atoms with E-state index in [4.69, 9.17) is 9.84 Å². The summed E-state index contributed by atoms with van der Waals surface area (Å²) in [4.78, 5) is 23.3. The molecular weight excluding hydrogens is 378 g/mol. The van der Waals surface area contributed by atoms with Gasteiger partial charge in [-0.15, -0.1) is 0 Å². The number of nitrogens with zero attached hydrogens (tertiary/aromatic N) is 1. The van der Waals surface area contributed by atoms with Crippen molar-refractivity contribution >= 4 is 17.8 Å². The molecule has 3 rings (SSSR count). The molecule has 3 aromatic rings. The van der Waals surface area contributed by atoms with Gasteiger partial charge in [0.2, 0.25) is 0 Å². The molecule has 0 aliphatic rings. The van der Waals surface area contributed by atoms with E-state index in [1.807, 2.05) is 84.6 Å².